The largest absolute Gasteiger partial charge is 0.441 e. The lowest BCUT2D eigenvalue weighted by molar-refractivity contribution is 0.0954. The van der Waals surface area contributed by atoms with Crippen LogP contribution in [-0.2, 0) is 6.42 Å². The lowest BCUT2D eigenvalue weighted by Crippen LogP contribution is -2.25. The predicted molar refractivity (Wildman–Crippen MR) is 86.9 cm³/mol. The summed E-state index contributed by atoms with van der Waals surface area (Å²) in [6, 6.07) is 9.62. The molecule has 0 aliphatic heterocycles. The van der Waals surface area contributed by atoms with Gasteiger partial charge in [-0.1, -0.05) is 12.1 Å². The number of rotatable bonds is 5. The fraction of sp³-hybridized carbons (Fsp3) is 0.167. The summed E-state index contributed by atoms with van der Waals surface area (Å²) in [5, 5.41) is 2.81. The molecule has 3 aromatic rings. The molecule has 0 atom stereocenters. The third-order valence-corrected chi connectivity index (χ3v) is 3.59. The van der Waals surface area contributed by atoms with Crippen LogP contribution >= 0.6 is 0 Å². The third-order valence-electron chi connectivity index (χ3n) is 3.59. The summed E-state index contributed by atoms with van der Waals surface area (Å²) in [7, 11) is 0. The Labute approximate surface area is 138 Å². The van der Waals surface area contributed by atoms with Crippen LogP contribution in [0.4, 0.5) is 4.39 Å². The molecule has 0 aliphatic rings. The molecule has 122 valence electrons. The fourth-order valence-electron chi connectivity index (χ4n) is 2.31. The number of carbonyl (C=O) groups is 1. The quantitative estimate of drug-likeness (QED) is 0.782. The van der Waals surface area contributed by atoms with Gasteiger partial charge in [0.15, 0.2) is 0 Å². The summed E-state index contributed by atoms with van der Waals surface area (Å²) in [5.41, 5.74) is 1.57. The summed E-state index contributed by atoms with van der Waals surface area (Å²) in [6.45, 7) is 2.18. The number of aryl methyl sites for hydroxylation is 1. The molecule has 3 rings (SSSR count). The Morgan fingerprint density at radius 3 is 2.71 bits per heavy atom. The average molecular weight is 325 g/mol. The number of halogens is 1. The van der Waals surface area contributed by atoms with Gasteiger partial charge in [0.25, 0.3) is 5.91 Å². The Kier molecular flexibility index (Phi) is 4.65. The number of oxazole rings is 1. The highest BCUT2D eigenvalue weighted by molar-refractivity contribution is 5.93. The summed E-state index contributed by atoms with van der Waals surface area (Å²) < 4.78 is 19.4. The van der Waals surface area contributed by atoms with Crippen molar-refractivity contribution >= 4 is 5.91 Å². The van der Waals surface area contributed by atoms with Crippen LogP contribution in [-0.4, -0.2) is 22.4 Å². The highest BCUT2D eigenvalue weighted by Gasteiger charge is 2.14. The van der Waals surface area contributed by atoms with E-state index in [1.54, 1.807) is 49.6 Å². The van der Waals surface area contributed by atoms with E-state index in [1.165, 1.54) is 6.07 Å². The molecule has 2 heterocycles. The van der Waals surface area contributed by atoms with Crippen molar-refractivity contribution in [1.82, 2.24) is 15.3 Å². The van der Waals surface area contributed by atoms with E-state index in [1.807, 2.05) is 0 Å². The Morgan fingerprint density at radius 2 is 1.96 bits per heavy atom. The van der Waals surface area contributed by atoms with E-state index in [-0.39, 0.29) is 17.6 Å². The van der Waals surface area contributed by atoms with Crippen LogP contribution < -0.4 is 5.32 Å². The number of hydrogen-bond acceptors (Lipinski definition) is 4. The van der Waals surface area contributed by atoms with E-state index in [4.69, 9.17) is 4.42 Å². The van der Waals surface area contributed by atoms with Crippen LogP contribution in [0.25, 0.3) is 11.5 Å². The minimum atomic E-state index is -0.378. The molecular weight excluding hydrogens is 309 g/mol. The first-order valence-corrected chi connectivity index (χ1v) is 7.54. The zero-order chi connectivity index (χ0) is 16.9. The zero-order valence-corrected chi connectivity index (χ0v) is 13.1. The number of carbonyl (C=O) groups excluding carboxylic acids is 1. The number of amides is 1. The van der Waals surface area contributed by atoms with Gasteiger partial charge in [0.05, 0.1) is 11.3 Å². The minimum absolute atomic E-state index is 0.173. The van der Waals surface area contributed by atoms with Crippen molar-refractivity contribution in [2.45, 2.75) is 13.3 Å². The molecule has 24 heavy (non-hydrogen) atoms. The van der Waals surface area contributed by atoms with Crippen molar-refractivity contribution in [2.24, 2.45) is 0 Å². The molecule has 5 nitrogen and oxygen atoms in total. The van der Waals surface area contributed by atoms with Crippen LogP contribution in [0, 0.1) is 12.7 Å². The molecule has 0 aliphatic carbocycles. The second-order valence-electron chi connectivity index (χ2n) is 5.24. The first-order chi connectivity index (χ1) is 11.6. The number of aromatic nitrogens is 2. The van der Waals surface area contributed by atoms with Crippen LogP contribution in [0.2, 0.25) is 0 Å². The Bertz CT molecular complexity index is 846. The highest BCUT2D eigenvalue weighted by atomic mass is 19.1. The molecule has 1 aromatic carbocycles. The first kappa shape index (κ1) is 15.9. The van der Waals surface area contributed by atoms with E-state index in [0.717, 1.165) is 0 Å². The zero-order valence-electron chi connectivity index (χ0n) is 13.1. The minimum Gasteiger partial charge on any atom is -0.441 e. The third kappa shape index (κ3) is 3.48. The monoisotopic (exact) mass is 325 g/mol. The standard InChI is InChI=1S/C18H16FN3O2/c1-12-16(8-11-21-17(23)13-6-9-20-10-7-13)22-18(24-12)14-4-2-3-5-15(14)19/h2-7,9-10H,8,11H2,1H3,(H,21,23). The second-order valence-corrected chi connectivity index (χ2v) is 5.24. The molecular formula is C18H16FN3O2. The van der Waals surface area contributed by atoms with Gasteiger partial charge in [0.2, 0.25) is 5.89 Å². The summed E-state index contributed by atoms with van der Waals surface area (Å²) >= 11 is 0. The Hall–Kier alpha value is -3.02. The molecule has 0 saturated heterocycles. The van der Waals surface area contributed by atoms with Gasteiger partial charge in [-0.15, -0.1) is 0 Å². The maximum Gasteiger partial charge on any atom is 0.251 e. The van der Waals surface area contributed by atoms with E-state index in [9.17, 15) is 9.18 Å². The molecule has 0 radical (unpaired) electrons. The van der Waals surface area contributed by atoms with Gasteiger partial charge >= 0.3 is 0 Å². The van der Waals surface area contributed by atoms with Gasteiger partial charge in [-0.2, -0.15) is 0 Å². The van der Waals surface area contributed by atoms with Crippen molar-refractivity contribution < 1.29 is 13.6 Å². The molecule has 1 N–H and O–H groups in total. The molecule has 2 aromatic heterocycles. The van der Waals surface area contributed by atoms with Gasteiger partial charge in [-0.3, -0.25) is 9.78 Å². The molecule has 6 heteroatoms. The number of nitrogens with zero attached hydrogens (tertiary/aromatic N) is 2. The molecule has 0 spiro atoms. The maximum absolute atomic E-state index is 13.8. The number of hydrogen-bond donors (Lipinski definition) is 1. The second kappa shape index (κ2) is 7.04. The van der Waals surface area contributed by atoms with Crippen LogP contribution in [0.3, 0.4) is 0 Å². The lowest BCUT2D eigenvalue weighted by atomic mass is 10.2. The Balaban J connectivity index is 1.64. The predicted octanol–water partition coefficient (Wildman–Crippen LogP) is 3.16. The average Bonchev–Trinajstić information content (AvgIpc) is 2.96. The van der Waals surface area contributed by atoms with Crippen molar-refractivity contribution in [3.8, 4) is 11.5 Å². The van der Waals surface area contributed by atoms with Gasteiger partial charge < -0.3 is 9.73 Å². The molecule has 0 saturated carbocycles. The maximum atomic E-state index is 13.8. The van der Waals surface area contributed by atoms with Crippen molar-refractivity contribution in [2.75, 3.05) is 6.54 Å². The van der Waals surface area contributed by atoms with E-state index >= 15 is 0 Å². The molecule has 0 unspecified atom stereocenters. The smallest absolute Gasteiger partial charge is 0.251 e. The van der Waals surface area contributed by atoms with Gasteiger partial charge in [-0.25, -0.2) is 9.37 Å². The van der Waals surface area contributed by atoms with Crippen molar-refractivity contribution in [1.29, 1.82) is 0 Å². The normalized spacial score (nSPS) is 10.6. The van der Waals surface area contributed by atoms with Crippen LogP contribution in [0.15, 0.2) is 53.2 Å². The highest BCUT2D eigenvalue weighted by Crippen LogP contribution is 2.24. The van der Waals surface area contributed by atoms with Gasteiger partial charge in [-0.05, 0) is 31.2 Å². The first-order valence-electron chi connectivity index (χ1n) is 7.54. The van der Waals surface area contributed by atoms with Gasteiger partial charge in [0, 0.05) is 30.9 Å². The molecule has 1 amide bonds. The summed E-state index contributed by atoms with van der Waals surface area (Å²) in [4.78, 5) is 20.2. The van der Waals surface area contributed by atoms with Gasteiger partial charge in [0.1, 0.15) is 11.6 Å². The lowest BCUT2D eigenvalue weighted by Gasteiger charge is -2.03. The van der Waals surface area contributed by atoms with E-state index in [2.05, 4.69) is 15.3 Å². The number of nitrogens with one attached hydrogen (secondary N) is 1. The topological polar surface area (TPSA) is 68.0 Å². The van der Waals surface area contributed by atoms with Crippen molar-refractivity contribution in [3.63, 3.8) is 0 Å². The Morgan fingerprint density at radius 1 is 1.21 bits per heavy atom. The van der Waals surface area contributed by atoms with Crippen molar-refractivity contribution in [3.05, 3.63) is 71.6 Å². The SMILES string of the molecule is Cc1oc(-c2ccccc2F)nc1CCNC(=O)c1ccncc1. The van der Waals surface area contributed by atoms with E-state index in [0.29, 0.717) is 35.5 Å². The van der Waals surface area contributed by atoms with Crippen LogP contribution in [0.5, 0.6) is 0 Å². The number of benzene rings is 1. The molecule has 0 fully saturated rings. The molecule has 0 bridgehead atoms. The fourth-order valence-corrected chi connectivity index (χ4v) is 2.31. The van der Waals surface area contributed by atoms with E-state index < -0.39 is 0 Å². The summed E-state index contributed by atoms with van der Waals surface area (Å²) in [6.07, 6.45) is 3.63. The number of pyridine rings is 1. The summed E-state index contributed by atoms with van der Waals surface area (Å²) in [5.74, 6) is 0.316. The van der Waals surface area contributed by atoms with Crippen LogP contribution in [0.1, 0.15) is 21.8 Å².